The normalized spacial score (nSPS) is 36.3. The average Bonchev–Trinajstić information content (AvgIpc) is 3.13. The van der Waals surface area contributed by atoms with E-state index in [0.717, 1.165) is 87.3 Å². The Balaban J connectivity index is 1.30. The van der Waals surface area contributed by atoms with E-state index < -0.39 is 9.71 Å². The molecule has 0 saturated heterocycles. The third-order valence-corrected chi connectivity index (χ3v) is 13.2. The van der Waals surface area contributed by atoms with E-state index in [0.29, 0.717) is 29.9 Å². The second kappa shape index (κ2) is 11.5. The first-order chi connectivity index (χ1) is 20.7. The Hall–Kier alpha value is -2.48. The zero-order valence-electron chi connectivity index (χ0n) is 25.1. The van der Waals surface area contributed by atoms with Crippen LogP contribution in [0.1, 0.15) is 72.9 Å². The van der Waals surface area contributed by atoms with Gasteiger partial charge in [-0.25, -0.2) is 4.21 Å². The summed E-state index contributed by atoms with van der Waals surface area (Å²) in [5.74, 6) is 5.74. The molecule has 2 aliphatic heterocycles. The lowest BCUT2D eigenvalue weighted by Crippen LogP contribution is -2.49. The number of halogens is 1. The molecule has 5 aliphatic rings. The zero-order chi connectivity index (χ0) is 29.8. The number of ether oxygens (including phenoxy) is 2. The van der Waals surface area contributed by atoms with Crippen LogP contribution in [0.4, 0.5) is 5.69 Å². The van der Waals surface area contributed by atoms with Crippen LogP contribution in [0.2, 0.25) is 5.02 Å². The largest absolute Gasteiger partial charge is 0.490 e. The molecule has 7 rings (SSSR count). The molecule has 0 radical (unpaired) electrons. The van der Waals surface area contributed by atoms with Gasteiger partial charge in [-0.1, -0.05) is 36.2 Å². The number of hydrogen-bond donors (Lipinski definition) is 1. The number of anilines is 1. The molecule has 43 heavy (non-hydrogen) atoms. The van der Waals surface area contributed by atoms with Gasteiger partial charge in [-0.3, -0.25) is 9.52 Å². The number of hydrogen-bond acceptors (Lipinski definition) is 5. The molecule has 2 aromatic rings. The standard InChI is InChI=1S/C35H43ClN2O4S/c1-41-32-14-8-23-5-3-7-28(17-23)43(2,40)37-34(39)25-10-15-33-31(19-25)38(20-26-9-12-29(26)32)21-35(22-42-33)16-4-6-24-18-27(36)11-13-30(24)35/h8,10-11,13-15,18-19,23,26,28-29,32H,2-7,9,12,16-17,20-22H2,1H3,(H,37,39,40)/b14-8+/t23-,26-,28+,29+,32-,35-,43?/m0/s1. The Kier molecular flexibility index (Phi) is 7.80. The molecule has 230 valence electrons. The van der Waals surface area contributed by atoms with Crippen molar-refractivity contribution in [2.45, 2.75) is 74.6 Å². The number of nitrogens with one attached hydrogen (secondary N) is 1. The molecule has 6 nitrogen and oxygen atoms in total. The van der Waals surface area contributed by atoms with Crippen LogP contribution in [0.3, 0.4) is 0 Å². The maximum atomic E-state index is 13.9. The van der Waals surface area contributed by atoms with E-state index in [4.69, 9.17) is 21.1 Å². The first-order valence-electron chi connectivity index (χ1n) is 15.9. The summed E-state index contributed by atoms with van der Waals surface area (Å²) in [5.41, 5.74) is 3.88. The Morgan fingerprint density at radius 1 is 1.12 bits per heavy atom. The molecule has 8 heteroatoms. The van der Waals surface area contributed by atoms with Crippen LogP contribution in [-0.2, 0) is 26.3 Å². The quantitative estimate of drug-likeness (QED) is 0.297. The van der Waals surface area contributed by atoms with Crippen molar-refractivity contribution in [1.82, 2.24) is 4.72 Å². The minimum atomic E-state index is -2.83. The molecule has 1 amide bonds. The number of nitrogens with zero attached hydrogens (tertiary/aromatic N) is 1. The molecule has 1 N–H and O–H groups in total. The molecule has 4 bridgehead atoms. The van der Waals surface area contributed by atoms with Gasteiger partial charge in [0.15, 0.2) is 0 Å². The first kappa shape index (κ1) is 29.2. The summed E-state index contributed by atoms with van der Waals surface area (Å²) >= 11 is 6.43. The molecule has 0 aromatic heterocycles. The Morgan fingerprint density at radius 2 is 2.00 bits per heavy atom. The van der Waals surface area contributed by atoms with E-state index in [2.05, 4.69) is 39.8 Å². The number of rotatable bonds is 1. The van der Waals surface area contributed by atoms with Gasteiger partial charge < -0.3 is 14.4 Å². The Labute approximate surface area is 261 Å². The van der Waals surface area contributed by atoms with Crippen LogP contribution in [0, 0.1) is 17.8 Å². The summed E-state index contributed by atoms with van der Waals surface area (Å²) in [4.78, 5) is 16.1. The van der Waals surface area contributed by atoms with Crippen molar-refractivity contribution in [3.05, 3.63) is 70.3 Å². The van der Waals surface area contributed by atoms with E-state index in [-0.39, 0.29) is 22.7 Å². The fraction of sp³-hybridized carbons (Fsp3) is 0.543. The van der Waals surface area contributed by atoms with E-state index in [9.17, 15) is 9.00 Å². The number of benzene rings is 2. The molecule has 2 fully saturated rings. The van der Waals surface area contributed by atoms with Crippen molar-refractivity contribution in [3.8, 4) is 5.75 Å². The molecular formula is C35H43ClN2O4S. The van der Waals surface area contributed by atoms with Gasteiger partial charge in [0.25, 0.3) is 5.91 Å². The van der Waals surface area contributed by atoms with Crippen molar-refractivity contribution in [2.75, 3.05) is 31.7 Å². The van der Waals surface area contributed by atoms with Crippen LogP contribution in [0.5, 0.6) is 5.75 Å². The number of aryl methyl sites for hydroxylation is 1. The lowest BCUT2D eigenvalue weighted by atomic mass is 9.68. The number of carbonyl (C=O) groups excluding carboxylic acids is 1. The van der Waals surface area contributed by atoms with Crippen LogP contribution >= 0.6 is 11.6 Å². The summed E-state index contributed by atoms with van der Waals surface area (Å²) in [7, 11) is -1.00. The van der Waals surface area contributed by atoms with Crippen LogP contribution in [0.25, 0.3) is 0 Å². The summed E-state index contributed by atoms with van der Waals surface area (Å²) in [6.45, 7) is 2.23. The van der Waals surface area contributed by atoms with Crippen LogP contribution in [0.15, 0.2) is 48.6 Å². The average molecular weight is 623 g/mol. The summed E-state index contributed by atoms with van der Waals surface area (Å²) in [6.07, 6.45) is 13.7. The van der Waals surface area contributed by atoms with Crippen LogP contribution in [-0.4, -0.2) is 54.1 Å². The zero-order valence-corrected chi connectivity index (χ0v) is 26.6. The first-order valence-corrected chi connectivity index (χ1v) is 18.1. The highest BCUT2D eigenvalue weighted by Gasteiger charge is 2.44. The fourth-order valence-corrected chi connectivity index (χ4v) is 10.4. The molecule has 1 unspecified atom stereocenters. The summed E-state index contributed by atoms with van der Waals surface area (Å²) in [5, 5.41) is 0.627. The van der Waals surface area contributed by atoms with Crippen molar-refractivity contribution >= 4 is 38.8 Å². The van der Waals surface area contributed by atoms with Crippen molar-refractivity contribution in [1.29, 1.82) is 0 Å². The van der Waals surface area contributed by atoms with Gasteiger partial charge in [-0.15, -0.1) is 0 Å². The highest BCUT2D eigenvalue weighted by Crippen LogP contribution is 2.47. The number of fused-ring (bicyclic) bond motifs is 6. The van der Waals surface area contributed by atoms with Gasteiger partial charge in [-0.05, 0) is 116 Å². The predicted octanol–water partition coefficient (Wildman–Crippen LogP) is 6.34. The summed E-state index contributed by atoms with van der Waals surface area (Å²) < 4.78 is 29.5. The van der Waals surface area contributed by atoms with Gasteiger partial charge in [-0.2, -0.15) is 0 Å². The van der Waals surface area contributed by atoms with Crippen LogP contribution < -0.4 is 14.4 Å². The van der Waals surface area contributed by atoms with Gasteiger partial charge in [0, 0.05) is 41.5 Å². The lowest BCUT2D eigenvalue weighted by molar-refractivity contribution is 0.0129. The Morgan fingerprint density at radius 3 is 2.81 bits per heavy atom. The number of allylic oxidation sites excluding steroid dienone is 1. The molecule has 2 saturated carbocycles. The van der Waals surface area contributed by atoms with Gasteiger partial charge in [0.05, 0.1) is 28.1 Å². The number of methoxy groups -OCH3 is 1. The number of amides is 1. The third-order valence-electron chi connectivity index (χ3n) is 11.0. The smallest absolute Gasteiger partial charge is 0.262 e. The molecule has 2 aromatic carbocycles. The number of carbonyl (C=O) groups is 1. The summed E-state index contributed by atoms with van der Waals surface area (Å²) in [6, 6.07) is 12.0. The van der Waals surface area contributed by atoms with Crippen molar-refractivity contribution in [2.24, 2.45) is 17.8 Å². The molecule has 3 aliphatic carbocycles. The lowest BCUT2D eigenvalue weighted by Gasteiger charge is -2.46. The topological polar surface area (TPSA) is 67.9 Å². The molecule has 2 heterocycles. The second-order valence-electron chi connectivity index (χ2n) is 13.6. The SMILES string of the molecule is C=S1(=O)NC(=O)c2ccc3c(c2)N(C[C@@H]2CC[C@H]2[C@@H](OC)/C=C/[C@@H]2CCC[C@@H]1C2)C[C@@]1(CCCc2cc(Cl)ccc21)CO3. The van der Waals surface area contributed by atoms with Gasteiger partial charge in [0.1, 0.15) is 5.75 Å². The molecule has 7 atom stereocenters. The third kappa shape index (κ3) is 5.51. The fourth-order valence-electron chi connectivity index (χ4n) is 8.46. The minimum Gasteiger partial charge on any atom is -0.490 e. The van der Waals surface area contributed by atoms with E-state index >= 15 is 0 Å². The van der Waals surface area contributed by atoms with Gasteiger partial charge >= 0.3 is 0 Å². The van der Waals surface area contributed by atoms with Crippen molar-refractivity contribution < 1.29 is 18.5 Å². The highest BCUT2D eigenvalue weighted by atomic mass is 35.5. The maximum absolute atomic E-state index is 13.9. The maximum Gasteiger partial charge on any atom is 0.262 e. The Bertz CT molecular complexity index is 1540. The monoisotopic (exact) mass is 622 g/mol. The van der Waals surface area contributed by atoms with E-state index in [1.807, 2.05) is 25.3 Å². The predicted molar refractivity (Wildman–Crippen MR) is 175 cm³/mol. The van der Waals surface area contributed by atoms with E-state index in [1.165, 1.54) is 11.1 Å². The molecule has 1 spiro atoms. The second-order valence-corrected chi connectivity index (χ2v) is 16.3. The highest BCUT2D eigenvalue weighted by molar-refractivity contribution is 7.99. The minimum absolute atomic E-state index is 0.0522. The van der Waals surface area contributed by atoms with Gasteiger partial charge in [0.2, 0.25) is 0 Å². The van der Waals surface area contributed by atoms with Crippen molar-refractivity contribution in [3.63, 3.8) is 0 Å². The van der Waals surface area contributed by atoms with E-state index in [1.54, 1.807) is 6.07 Å². The molecular weight excluding hydrogens is 580 g/mol.